The third-order valence-electron chi connectivity index (χ3n) is 7.84. The molecule has 2 aromatic rings. The molecule has 1 aliphatic heterocycles. The predicted octanol–water partition coefficient (Wildman–Crippen LogP) is 1.21. The number of nitrogens with two attached hydrogens (primary N) is 1. The summed E-state index contributed by atoms with van der Waals surface area (Å²) in [4.78, 5) is 26.0. The van der Waals surface area contributed by atoms with Crippen LogP contribution in [-0.4, -0.2) is 75.0 Å². The molecule has 38 heavy (non-hydrogen) atoms. The Bertz CT molecular complexity index is 1360. The first-order valence-electron chi connectivity index (χ1n) is 12.3. The van der Waals surface area contributed by atoms with Crippen molar-refractivity contribution in [2.45, 2.75) is 69.4 Å². The summed E-state index contributed by atoms with van der Waals surface area (Å²) in [6.45, 7) is 2.82. The second-order valence-corrected chi connectivity index (χ2v) is 10.2. The van der Waals surface area contributed by atoms with Crippen LogP contribution in [-0.2, 0) is 20.7 Å². The van der Waals surface area contributed by atoms with E-state index in [0.717, 1.165) is 0 Å². The summed E-state index contributed by atoms with van der Waals surface area (Å²) in [6.07, 6.45) is -4.30. The normalized spacial score (nSPS) is 30.3. The van der Waals surface area contributed by atoms with Crippen LogP contribution in [0.1, 0.15) is 71.0 Å². The molecule has 0 saturated carbocycles. The van der Waals surface area contributed by atoms with E-state index in [1.165, 1.54) is 20.1 Å². The van der Waals surface area contributed by atoms with Gasteiger partial charge in [0.25, 0.3) is 0 Å². The molecule has 2 unspecified atom stereocenters. The van der Waals surface area contributed by atoms with Gasteiger partial charge in [-0.25, -0.2) is 0 Å². The molecule has 0 spiro atoms. The van der Waals surface area contributed by atoms with E-state index in [9.17, 15) is 30.0 Å². The van der Waals surface area contributed by atoms with E-state index in [4.69, 9.17) is 25.4 Å². The van der Waals surface area contributed by atoms with Gasteiger partial charge in [-0.2, -0.15) is 0 Å². The minimum Gasteiger partial charge on any atom is -0.507 e. The monoisotopic (exact) mass is 526 g/mol. The number of hydrogen-bond donors (Lipinski definition) is 6. The number of nitrogens with one attached hydrogen (secondary N) is 1. The van der Waals surface area contributed by atoms with Crippen LogP contribution in [0, 0.1) is 5.41 Å². The lowest BCUT2D eigenvalue weighted by atomic mass is 9.72. The fourth-order valence-electron chi connectivity index (χ4n) is 5.70. The maximum atomic E-state index is 13.5. The number of rotatable bonds is 4. The van der Waals surface area contributed by atoms with Gasteiger partial charge in [0.05, 0.1) is 47.8 Å². The number of hydrogen-bond acceptors (Lipinski definition) is 11. The lowest BCUT2D eigenvalue weighted by molar-refractivity contribution is -0.247. The van der Waals surface area contributed by atoms with Gasteiger partial charge in [0.1, 0.15) is 22.8 Å². The van der Waals surface area contributed by atoms with E-state index >= 15 is 0 Å². The van der Waals surface area contributed by atoms with E-state index in [-0.39, 0.29) is 64.1 Å². The molecule has 5 rings (SSSR count). The molecular formula is C27H30N2O9. The Morgan fingerprint density at radius 1 is 1.21 bits per heavy atom. The molecule has 11 heteroatoms. The van der Waals surface area contributed by atoms with Gasteiger partial charge in [0, 0.05) is 42.0 Å². The average molecular weight is 527 g/mol. The first-order valence-corrected chi connectivity index (χ1v) is 12.3. The number of aromatic hydroxyl groups is 2. The Morgan fingerprint density at radius 2 is 1.92 bits per heavy atom. The largest absolute Gasteiger partial charge is 0.507 e. The van der Waals surface area contributed by atoms with Crippen LogP contribution in [0.5, 0.6) is 17.2 Å². The minimum absolute atomic E-state index is 0.0316. The molecule has 0 bridgehead atoms. The highest BCUT2D eigenvalue weighted by Gasteiger charge is 2.49. The number of ether oxygens (including phenoxy) is 3. The van der Waals surface area contributed by atoms with Crippen molar-refractivity contribution in [1.82, 2.24) is 0 Å². The summed E-state index contributed by atoms with van der Waals surface area (Å²) in [7, 11) is 1.40. The summed E-state index contributed by atoms with van der Waals surface area (Å²) < 4.78 is 17.2. The van der Waals surface area contributed by atoms with Crippen molar-refractivity contribution in [2.24, 2.45) is 5.73 Å². The van der Waals surface area contributed by atoms with Crippen molar-refractivity contribution in [2.75, 3.05) is 7.11 Å². The number of ketones is 2. The molecule has 6 atom stereocenters. The van der Waals surface area contributed by atoms with Gasteiger partial charge in [0.15, 0.2) is 17.9 Å². The van der Waals surface area contributed by atoms with Crippen LogP contribution in [0.2, 0.25) is 0 Å². The lowest BCUT2D eigenvalue weighted by Crippen LogP contribution is -2.52. The third-order valence-corrected chi connectivity index (χ3v) is 7.84. The molecule has 0 aromatic heterocycles. The Labute approximate surface area is 218 Å². The molecule has 1 fully saturated rings. The summed E-state index contributed by atoms with van der Waals surface area (Å²) in [5.41, 5.74) is 3.62. The van der Waals surface area contributed by atoms with Crippen molar-refractivity contribution in [3.8, 4) is 17.2 Å². The van der Waals surface area contributed by atoms with Gasteiger partial charge in [-0.05, 0) is 19.9 Å². The van der Waals surface area contributed by atoms with Crippen LogP contribution in [0.25, 0.3) is 0 Å². The molecule has 0 amide bonds. The molecule has 0 radical (unpaired) electrons. The van der Waals surface area contributed by atoms with Crippen molar-refractivity contribution in [3.63, 3.8) is 0 Å². The van der Waals surface area contributed by atoms with Crippen LogP contribution < -0.4 is 10.5 Å². The Hall–Kier alpha value is -3.35. The van der Waals surface area contributed by atoms with Crippen molar-refractivity contribution < 1.29 is 44.2 Å². The quantitative estimate of drug-likeness (QED) is 0.269. The summed E-state index contributed by atoms with van der Waals surface area (Å²) in [5, 5.41) is 53.2. The topological polar surface area (TPSA) is 193 Å². The van der Waals surface area contributed by atoms with Crippen LogP contribution in [0.4, 0.5) is 0 Å². The number of carbonyl (C=O) groups excluding carboxylic acids is 2. The van der Waals surface area contributed by atoms with Gasteiger partial charge in [-0.15, -0.1) is 0 Å². The number of phenols is 2. The van der Waals surface area contributed by atoms with Crippen LogP contribution in [0.3, 0.4) is 0 Å². The van der Waals surface area contributed by atoms with E-state index in [0.29, 0.717) is 0 Å². The fourth-order valence-corrected chi connectivity index (χ4v) is 5.70. The van der Waals surface area contributed by atoms with Crippen molar-refractivity contribution in [3.05, 3.63) is 51.6 Å². The van der Waals surface area contributed by atoms with Crippen LogP contribution >= 0.6 is 0 Å². The molecule has 3 aliphatic rings. The third kappa shape index (κ3) is 3.81. The standard InChI is InChI=1S/C27H30N2O9/c1-10-23(31)14(28)7-17(37-10)38-16-9-27(35,11(2)30)8-13-19(16)26(34)20-21(25(13)33)24(32)12-5-4-6-15(36-3)18(12)22(20)29/h4-6,10,14,16-17,23,29,31,33-35H,7-9,28H2,1-3H3/t10-,14-,16?,17-,23+,27?/m0/s1. The average Bonchev–Trinajstić information content (AvgIpc) is 2.87. The number of carbonyl (C=O) groups is 2. The molecule has 202 valence electrons. The van der Waals surface area contributed by atoms with Crippen LogP contribution in [0.15, 0.2) is 18.2 Å². The number of aliphatic hydroxyl groups is 2. The van der Waals surface area contributed by atoms with Gasteiger partial charge >= 0.3 is 0 Å². The zero-order chi connectivity index (χ0) is 27.7. The van der Waals surface area contributed by atoms with Gasteiger partial charge < -0.3 is 40.4 Å². The Balaban J connectivity index is 1.68. The first kappa shape index (κ1) is 26.3. The highest BCUT2D eigenvalue weighted by Crippen LogP contribution is 2.52. The maximum Gasteiger partial charge on any atom is 0.198 e. The van der Waals surface area contributed by atoms with E-state index < -0.39 is 59.3 Å². The zero-order valence-corrected chi connectivity index (χ0v) is 21.1. The molecule has 1 heterocycles. The second kappa shape index (κ2) is 9.14. The number of Topliss-reactive ketones (excluding diaryl/α,β-unsaturated/α-hetero) is 1. The van der Waals surface area contributed by atoms with Crippen molar-refractivity contribution >= 4 is 17.3 Å². The first-order chi connectivity index (χ1) is 17.9. The van der Waals surface area contributed by atoms with E-state index in [2.05, 4.69) is 0 Å². The van der Waals surface area contributed by atoms with E-state index in [1.807, 2.05) is 0 Å². The SMILES string of the molecule is COc1cccc2c1C(=N)c1c(O)c3c(c(O)c1C2=O)CC(O)(C(C)=O)CC3O[C@H]1C[C@H](N)[C@H](O)[C@H](C)O1. The van der Waals surface area contributed by atoms with Crippen molar-refractivity contribution in [1.29, 1.82) is 5.41 Å². The minimum atomic E-state index is -1.97. The van der Waals surface area contributed by atoms with Gasteiger partial charge in [-0.1, -0.05) is 12.1 Å². The summed E-state index contributed by atoms with van der Waals surface area (Å²) >= 11 is 0. The number of benzene rings is 2. The fraction of sp³-hybridized carbons (Fsp3) is 0.444. The molecule has 11 nitrogen and oxygen atoms in total. The van der Waals surface area contributed by atoms with Gasteiger partial charge in [-0.3, -0.25) is 15.0 Å². The molecule has 7 N–H and O–H groups in total. The molecule has 1 saturated heterocycles. The highest BCUT2D eigenvalue weighted by atomic mass is 16.7. The summed E-state index contributed by atoms with van der Waals surface area (Å²) in [6, 6.07) is 3.98. The molecule has 2 aliphatic carbocycles. The summed E-state index contributed by atoms with van der Waals surface area (Å²) in [5.74, 6) is -2.01. The predicted molar refractivity (Wildman–Crippen MR) is 133 cm³/mol. The number of aliphatic hydroxyl groups excluding tert-OH is 1. The highest BCUT2D eigenvalue weighted by molar-refractivity contribution is 6.32. The zero-order valence-electron chi connectivity index (χ0n) is 21.1. The van der Waals surface area contributed by atoms with E-state index in [1.54, 1.807) is 19.1 Å². The second-order valence-electron chi connectivity index (χ2n) is 10.2. The van der Waals surface area contributed by atoms with Gasteiger partial charge in [0.2, 0.25) is 0 Å². The Morgan fingerprint density at radius 3 is 2.55 bits per heavy atom. The Kier molecular flexibility index (Phi) is 6.32. The lowest BCUT2D eigenvalue weighted by Gasteiger charge is -2.42. The number of methoxy groups -OCH3 is 1. The number of phenolic OH excluding ortho intramolecular Hbond substituents is 2. The number of fused-ring (bicyclic) bond motifs is 3. The maximum absolute atomic E-state index is 13.5. The molecular weight excluding hydrogens is 496 g/mol. The smallest absolute Gasteiger partial charge is 0.198 e. The molecule has 2 aromatic carbocycles.